The first-order valence-electron chi connectivity index (χ1n) is 7.04. The Morgan fingerprint density at radius 2 is 2.04 bits per heavy atom. The average molecular weight is 414 g/mol. The van der Waals surface area contributed by atoms with Crippen LogP contribution in [0.25, 0.3) is 17.0 Å². The van der Waals surface area contributed by atoms with E-state index in [1.54, 1.807) is 0 Å². The standard InChI is InChI=1S/C16H9Cl2NO6S/c1-24-12(20)5-19-15(22)11(26-16(19)23)2-7-6-25-14-9(13(7)21)3-8(17)4-10(14)18/h2-4,6H,5H2,1H3/b11-2-. The predicted octanol–water partition coefficient (Wildman–Crippen LogP) is 3.31. The monoisotopic (exact) mass is 413 g/mol. The number of esters is 1. The summed E-state index contributed by atoms with van der Waals surface area (Å²) in [7, 11) is 1.15. The lowest BCUT2D eigenvalue weighted by Crippen LogP contribution is -2.34. The van der Waals surface area contributed by atoms with E-state index in [-0.39, 0.29) is 31.5 Å². The van der Waals surface area contributed by atoms with Gasteiger partial charge in [-0.1, -0.05) is 23.2 Å². The Hall–Kier alpha value is -2.29. The number of halogens is 2. The molecule has 1 fully saturated rings. The summed E-state index contributed by atoms with van der Waals surface area (Å²) in [5.74, 6) is -1.43. The first kappa shape index (κ1) is 18.5. The van der Waals surface area contributed by atoms with Crippen LogP contribution in [0.4, 0.5) is 4.79 Å². The van der Waals surface area contributed by atoms with Crippen LogP contribution in [0.1, 0.15) is 5.56 Å². The number of imide groups is 1. The van der Waals surface area contributed by atoms with Gasteiger partial charge < -0.3 is 9.15 Å². The van der Waals surface area contributed by atoms with Crippen molar-refractivity contribution in [1.29, 1.82) is 0 Å². The quantitative estimate of drug-likeness (QED) is 0.562. The molecule has 3 rings (SSSR count). The zero-order chi connectivity index (χ0) is 19.0. The largest absolute Gasteiger partial charge is 0.468 e. The number of nitrogens with zero attached hydrogens (tertiary/aromatic N) is 1. The van der Waals surface area contributed by atoms with Gasteiger partial charge in [-0.2, -0.15) is 0 Å². The van der Waals surface area contributed by atoms with Crippen molar-refractivity contribution in [3.8, 4) is 0 Å². The maximum absolute atomic E-state index is 12.6. The predicted molar refractivity (Wildman–Crippen MR) is 97.2 cm³/mol. The van der Waals surface area contributed by atoms with E-state index >= 15 is 0 Å². The minimum Gasteiger partial charge on any atom is -0.468 e. The van der Waals surface area contributed by atoms with Crippen molar-refractivity contribution in [2.24, 2.45) is 0 Å². The van der Waals surface area contributed by atoms with Crippen LogP contribution >= 0.6 is 35.0 Å². The third-order valence-corrected chi connectivity index (χ3v) is 4.90. The number of methoxy groups -OCH3 is 1. The lowest BCUT2D eigenvalue weighted by molar-refractivity contribution is -0.143. The number of carbonyl (C=O) groups is 3. The van der Waals surface area contributed by atoms with Crippen molar-refractivity contribution in [3.05, 3.63) is 49.1 Å². The van der Waals surface area contributed by atoms with E-state index < -0.39 is 29.1 Å². The Balaban J connectivity index is 2.02. The van der Waals surface area contributed by atoms with E-state index in [0.29, 0.717) is 11.8 Å². The molecule has 0 saturated carbocycles. The van der Waals surface area contributed by atoms with Gasteiger partial charge in [0.05, 0.1) is 28.0 Å². The third-order valence-electron chi connectivity index (χ3n) is 3.49. The maximum Gasteiger partial charge on any atom is 0.325 e. The summed E-state index contributed by atoms with van der Waals surface area (Å²) in [4.78, 5) is 48.8. The molecule has 1 saturated heterocycles. The molecule has 0 aliphatic carbocycles. The van der Waals surface area contributed by atoms with E-state index in [9.17, 15) is 19.2 Å². The number of hydrogen-bond acceptors (Lipinski definition) is 7. The fourth-order valence-electron chi connectivity index (χ4n) is 2.25. The average Bonchev–Trinajstić information content (AvgIpc) is 2.85. The Morgan fingerprint density at radius 3 is 2.73 bits per heavy atom. The molecule has 1 aliphatic heterocycles. The topological polar surface area (TPSA) is 93.9 Å². The van der Waals surface area contributed by atoms with E-state index in [2.05, 4.69) is 4.74 Å². The van der Waals surface area contributed by atoms with Crippen LogP contribution in [0.3, 0.4) is 0 Å². The first-order chi connectivity index (χ1) is 12.3. The van der Waals surface area contributed by atoms with E-state index in [1.165, 1.54) is 18.2 Å². The molecule has 2 amide bonds. The molecule has 1 aromatic carbocycles. The summed E-state index contributed by atoms with van der Waals surface area (Å²) >= 11 is 12.5. The maximum atomic E-state index is 12.6. The van der Waals surface area contributed by atoms with Gasteiger partial charge in [-0.15, -0.1) is 0 Å². The molecule has 2 aromatic rings. The summed E-state index contributed by atoms with van der Waals surface area (Å²) in [6, 6.07) is 2.83. The molecular formula is C16H9Cl2NO6S. The zero-order valence-electron chi connectivity index (χ0n) is 13.1. The molecule has 0 radical (unpaired) electrons. The number of benzene rings is 1. The Kier molecular flexibility index (Phi) is 5.08. The van der Waals surface area contributed by atoms with Gasteiger partial charge in [-0.25, -0.2) is 0 Å². The minimum atomic E-state index is -0.733. The lowest BCUT2D eigenvalue weighted by Gasteiger charge is -2.09. The number of hydrogen-bond donors (Lipinski definition) is 0. The highest BCUT2D eigenvalue weighted by molar-refractivity contribution is 8.18. The second-order valence-electron chi connectivity index (χ2n) is 5.13. The van der Waals surface area contributed by atoms with Crippen molar-refractivity contribution < 1.29 is 23.5 Å². The fraction of sp³-hybridized carbons (Fsp3) is 0.125. The van der Waals surface area contributed by atoms with Crippen molar-refractivity contribution in [1.82, 2.24) is 4.90 Å². The molecule has 134 valence electrons. The van der Waals surface area contributed by atoms with E-state index in [4.69, 9.17) is 27.6 Å². The van der Waals surface area contributed by atoms with Gasteiger partial charge in [0.25, 0.3) is 11.1 Å². The first-order valence-corrected chi connectivity index (χ1v) is 8.62. The van der Waals surface area contributed by atoms with Crippen molar-refractivity contribution in [3.63, 3.8) is 0 Å². The van der Waals surface area contributed by atoms with Crippen LogP contribution in [0.2, 0.25) is 10.0 Å². The Morgan fingerprint density at radius 1 is 1.31 bits per heavy atom. The molecule has 1 aromatic heterocycles. The number of ether oxygens (including phenoxy) is 1. The third kappa shape index (κ3) is 3.35. The van der Waals surface area contributed by atoms with Crippen LogP contribution in [-0.2, 0) is 14.3 Å². The van der Waals surface area contributed by atoms with Crippen molar-refractivity contribution in [2.75, 3.05) is 13.7 Å². The molecule has 0 atom stereocenters. The van der Waals surface area contributed by atoms with Crippen LogP contribution in [0, 0.1) is 0 Å². The second-order valence-corrected chi connectivity index (χ2v) is 6.97. The van der Waals surface area contributed by atoms with Crippen LogP contribution in [-0.4, -0.2) is 35.7 Å². The molecule has 2 heterocycles. The van der Waals surface area contributed by atoms with Gasteiger partial charge in [0.2, 0.25) is 0 Å². The van der Waals surface area contributed by atoms with Crippen LogP contribution in [0.15, 0.2) is 32.5 Å². The van der Waals surface area contributed by atoms with Gasteiger partial charge >= 0.3 is 5.97 Å². The molecular weight excluding hydrogens is 405 g/mol. The van der Waals surface area contributed by atoms with Crippen LogP contribution in [0.5, 0.6) is 0 Å². The van der Waals surface area contributed by atoms with E-state index in [0.717, 1.165) is 18.3 Å². The molecule has 0 N–H and O–H groups in total. The van der Waals surface area contributed by atoms with Gasteiger partial charge in [0, 0.05) is 5.02 Å². The molecule has 10 heteroatoms. The van der Waals surface area contributed by atoms with Gasteiger partial charge in [0.1, 0.15) is 12.8 Å². The van der Waals surface area contributed by atoms with Gasteiger partial charge in [-0.3, -0.25) is 24.1 Å². The van der Waals surface area contributed by atoms with Gasteiger partial charge in [0.15, 0.2) is 11.0 Å². The Labute approximate surface area is 160 Å². The highest BCUT2D eigenvalue weighted by atomic mass is 35.5. The van der Waals surface area contributed by atoms with Crippen LogP contribution < -0.4 is 5.43 Å². The lowest BCUT2D eigenvalue weighted by atomic mass is 10.1. The highest BCUT2D eigenvalue weighted by Gasteiger charge is 2.36. The zero-order valence-corrected chi connectivity index (χ0v) is 15.4. The summed E-state index contributed by atoms with van der Waals surface area (Å²) in [6.45, 7) is -0.504. The molecule has 26 heavy (non-hydrogen) atoms. The summed E-state index contributed by atoms with van der Waals surface area (Å²) < 4.78 is 9.81. The number of carbonyl (C=O) groups excluding carboxylic acids is 3. The number of rotatable bonds is 3. The fourth-order valence-corrected chi connectivity index (χ4v) is 3.62. The smallest absolute Gasteiger partial charge is 0.325 e. The molecule has 0 bridgehead atoms. The molecule has 1 aliphatic rings. The van der Waals surface area contributed by atoms with Gasteiger partial charge in [-0.05, 0) is 30.0 Å². The highest BCUT2D eigenvalue weighted by Crippen LogP contribution is 2.32. The SMILES string of the molecule is COC(=O)CN1C(=O)S/C(=C\c2coc3c(Cl)cc(Cl)cc3c2=O)C1=O. The summed E-state index contributed by atoms with van der Waals surface area (Å²) in [5.41, 5.74) is -0.258. The van der Waals surface area contributed by atoms with Crippen molar-refractivity contribution >= 4 is 69.1 Å². The Bertz CT molecular complexity index is 1040. The molecule has 7 nitrogen and oxygen atoms in total. The summed E-state index contributed by atoms with van der Waals surface area (Å²) in [5, 5.41) is -0.0622. The number of fused-ring (bicyclic) bond motifs is 1. The molecule has 0 spiro atoms. The number of thioether (sulfide) groups is 1. The normalized spacial score (nSPS) is 16.0. The van der Waals surface area contributed by atoms with E-state index in [1.807, 2.05) is 0 Å². The molecule has 0 unspecified atom stereocenters. The minimum absolute atomic E-state index is 0.0151. The second kappa shape index (κ2) is 7.14. The van der Waals surface area contributed by atoms with Crippen molar-refractivity contribution in [2.45, 2.75) is 0 Å². The number of amides is 2. The summed E-state index contributed by atoms with van der Waals surface area (Å²) in [6.07, 6.45) is 2.36.